The van der Waals surface area contributed by atoms with Crippen LogP contribution in [-0.2, 0) is 49.6 Å². The minimum atomic E-state index is -1.20. The van der Waals surface area contributed by atoms with E-state index in [9.17, 15) is 48.3 Å². The fourth-order valence-electron chi connectivity index (χ4n) is 7.29. The summed E-state index contributed by atoms with van der Waals surface area (Å²) in [5.41, 5.74) is 6.86. The van der Waals surface area contributed by atoms with Gasteiger partial charge in [-0.15, -0.1) is 0 Å². The number of rotatable bonds is 30. The van der Waals surface area contributed by atoms with Crippen molar-refractivity contribution in [1.82, 2.24) is 42.5 Å². The number of hydrogen-bond acceptors (Lipinski definition) is 10. The Labute approximate surface area is 403 Å². The van der Waals surface area contributed by atoms with E-state index >= 15 is 0 Å². The highest BCUT2D eigenvalue weighted by atomic mass is 16.4. The van der Waals surface area contributed by atoms with Gasteiger partial charge < -0.3 is 53.4 Å². The summed E-state index contributed by atoms with van der Waals surface area (Å²) in [6.07, 6.45) is 1.30. The number of hydrogen-bond donors (Lipinski definition) is 10. The van der Waals surface area contributed by atoms with Gasteiger partial charge in [0.1, 0.15) is 42.3 Å². The minimum absolute atomic E-state index is 0.00589. The lowest BCUT2D eigenvalue weighted by molar-refractivity contribution is -0.142. The van der Waals surface area contributed by atoms with Gasteiger partial charge in [-0.05, 0) is 80.1 Å². The number of carbonyl (C=O) groups is 9. The van der Waals surface area contributed by atoms with Crippen molar-refractivity contribution in [3.05, 3.63) is 35.9 Å². The molecule has 1 rings (SSSR count). The molecule has 0 unspecified atom stereocenters. The molecular formula is C49H83N9O10. The van der Waals surface area contributed by atoms with Gasteiger partial charge in [0.2, 0.25) is 47.3 Å². The number of benzene rings is 1. The molecule has 0 aliphatic rings. The second kappa shape index (κ2) is 30.0. The SMILES string of the molecule is CC(C)C[C@H](NC(=O)[C@H](CC(C)C)NC(=O)CNC(=O)[C@H](C)NC(=O)[C@@H](NC(=O)[C@H](CC(C)C)NC(=O)[C@H](Cc1ccccc1)NC(=O)[C@H](CC(C)C)NC(=O)[C@@H](N)CC(C)C)C(C)C)C(=O)O. The average molecular weight is 958 g/mol. The predicted molar refractivity (Wildman–Crippen MR) is 260 cm³/mol. The molecule has 8 atom stereocenters. The van der Waals surface area contributed by atoms with Crippen LogP contribution in [0.2, 0.25) is 0 Å². The van der Waals surface area contributed by atoms with Crippen molar-refractivity contribution in [2.45, 2.75) is 177 Å². The molecule has 0 aliphatic carbocycles. The van der Waals surface area contributed by atoms with Crippen molar-refractivity contribution in [1.29, 1.82) is 0 Å². The van der Waals surface area contributed by atoms with Gasteiger partial charge in [-0.25, -0.2) is 4.79 Å². The van der Waals surface area contributed by atoms with Crippen LogP contribution in [0.15, 0.2) is 30.3 Å². The van der Waals surface area contributed by atoms with E-state index in [1.54, 1.807) is 38.1 Å². The molecule has 8 amide bonds. The lowest BCUT2D eigenvalue weighted by atomic mass is 9.98. The molecule has 0 saturated heterocycles. The van der Waals surface area contributed by atoms with Crippen LogP contribution in [0.4, 0.5) is 0 Å². The first-order valence-corrected chi connectivity index (χ1v) is 24.0. The van der Waals surface area contributed by atoms with Crippen LogP contribution in [0.3, 0.4) is 0 Å². The Hall–Kier alpha value is -5.59. The maximum Gasteiger partial charge on any atom is 0.326 e. The standard InChI is InChI=1S/C49H83N9O10/c1-26(2)19-34(50)43(61)54-36(21-28(5)6)45(63)56-38(24-33-17-15-14-16-18-33)46(64)55-37(22-29(7)8)47(65)58-41(31(11)12)48(66)52-32(13)42(60)51-25-40(59)53-35(20-27(3)4)44(62)57-39(49(67)68)23-30(9)10/h14-18,26-32,34-39,41H,19-25,50H2,1-13H3,(H,51,60)(H,52,66)(H,53,59)(H,54,61)(H,55,64)(H,56,63)(H,57,62)(H,58,65)(H,67,68)/t32-,34-,35-,36-,37-,38-,39-,41-/m0/s1. The molecule has 19 heteroatoms. The normalized spacial score (nSPS) is 15.1. The van der Waals surface area contributed by atoms with E-state index in [4.69, 9.17) is 5.73 Å². The minimum Gasteiger partial charge on any atom is -0.480 e. The topological polar surface area (TPSA) is 296 Å². The van der Waals surface area contributed by atoms with Crippen LogP contribution in [0, 0.1) is 35.5 Å². The lowest BCUT2D eigenvalue weighted by Gasteiger charge is -2.29. The van der Waals surface area contributed by atoms with E-state index in [-0.39, 0.29) is 61.7 Å². The first-order valence-electron chi connectivity index (χ1n) is 24.0. The molecule has 19 nitrogen and oxygen atoms in total. The Bertz CT molecular complexity index is 1820. The first kappa shape index (κ1) is 60.4. The molecule has 0 fully saturated rings. The number of carboxylic acids is 1. The van der Waals surface area contributed by atoms with E-state index in [0.29, 0.717) is 6.42 Å². The van der Waals surface area contributed by atoms with Gasteiger partial charge in [0.15, 0.2) is 0 Å². The van der Waals surface area contributed by atoms with Crippen molar-refractivity contribution in [2.24, 2.45) is 41.2 Å². The Kier molecular flexibility index (Phi) is 26.7. The zero-order valence-corrected chi connectivity index (χ0v) is 42.6. The molecule has 0 bridgehead atoms. The summed E-state index contributed by atoms with van der Waals surface area (Å²) in [4.78, 5) is 120. The molecule has 0 aromatic heterocycles. The Balaban J connectivity index is 3.18. The first-order chi connectivity index (χ1) is 31.6. The third kappa shape index (κ3) is 23.4. The predicted octanol–water partition coefficient (Wildman–Crippen LogP) is 2.06. The number of carbonyl (C=O) groups excluding carboxylic acids is 8. The number of carboxylic acid groups (broad SMARTS) is 1. The van der Waals surface area contributed by atoms with Crippen LogP contribution in [0.5, 0.6) is 0 Å². The number of amides is 8. The van der Waals surface area contributed by atoms with Gasteiger partial charge >= 0.3 is 5.97 Å². The van der Waals surface area contributed by atoms with E-state index in [1.807, 2.05) is 75.3 Å². The van der Waals surface area contributed by atoms with Gasteiger partial charge in [-0.3, -0.25) is 38.4 Å². The monoisotopic (exact) mass is 958 g/mol. The van der Waals surface area contributed by atoms with Crippen molar-refractivity contribution in [3.8, 4) is 0 Å². The summed E-state index contributed by atoms with van der Waals surface area (Å²) >= 11 is 0. The molecule has 1 aromatic carbocycles. The number of nitrogens with two attached hydrogens (primary N) is 1. The summed E-state index contributed by atoms with van der Waals surface area (Å²) in [7, 11) is 0. The third-order valence-corrected chi connectivity index (χ3v) is 10.8. The van der Waals surface area contributed by atoms with Gasteiger partial charge in [0.05, 0.1) is 12.6 Å². The highest BCUT2D eigenvalue weighted by molar-refractivity contribution is 5.97. The molecule has 0 aliphatic heterocycles. The van der Waals surface area contributed by atoms with Crippen LogP contribution < -0.4 is 48.3 Å². The van der Waals surface area contributed by atoms with E-state index in [1.165, 1.54) is 6.92 Å². The van der Waals surface area contributed by atoms with Gasteiger partial charge in [0.25, 0.3) is 0 Å². The quantitative estimate of drug-likeness (QED) is 0.0533. The Morgan fingerprint density at radius 1 is 0.456 bits per heavy atom. The van der Waals surface area contributed by atoms with E-state index in [0.717, 1.165) is 5.56 Å². The summed E-state index contributed by atoms with van der Waals surface area (Å²) in [5.74, 6) is -6.97. The zero-order chi connectivity index (χ0) is 52.0. The van der Waals surface area contributed by atoms with Crippen LogP contribution in [-0.4, -0.2) is 113 Å². The van der Waals surface area contributed by atoms with Crippen LogP contribution in [0.25, 0.3) is 0 Å². The second-order valence-corrected chi connectivity index (χ2v) is 20.3. The lowest BCUT2D eigenvalue weighted by Crippen LogP contribution is -2.60. The van der Waals surface area contributed by atoms with Crippen LogP contribution in [0.1, 0.15) is 128 Å². The molecule has 1 aromatic rings. The van der Waals surface area contributed by atoms with Crippen molar-refractivity contribution in [2.75, 3.05) is 6.54 Å². The third-order valence-electron chi connectivity index (χ3n) is 10.8. The fourth-order valence-corrected chi connectivity index (χ4v) is 7.29. The Morgan fingerprint density at radius 3 is 1.31 bits per heavy atom. The molecule has 384 valence electrons. The molecule has 68 heavy (non-hydrogen) atoms. The maximum atomic E-state index is 14.2. The summed E-state index contributed by atoms with van der Waals surface area (Å²) in [5, 5.41) is 30.8. The molecule has 0 saturated carbocycles. The average Bonchev–Trinajstić information content (AvgIpc) is 3.22. The number of nitrogens with one attached hydrogen (secondary N) is 8. The zero-order valence-electron chi connectivity index (χ0n) is 42.6. The summed E-state index contributed by atoms with van der Waals surface area (Å²) < 4.78 is 0. The number of aliphatic carboxylic acids is 1. The highest BCUT2D eigenvalue weighted by Gasteiger charge is 2.35. The van der Waals surface area contributed by atoms with Gasteiger partial charge in [0, 0.05) is 6.42 Å². The Morgan fingerprint density at radius 2 is 0.853 bits per heavy atom. The molecule has 0 radical (unpaired) electrons. The second-order valence-electron chi connectivity index (χ2n) is 20.3. The smallest absolute Gasteiger partial charge is 0.326 e. The van der Waals surface area contributed by atoms with E-state index in [2.05, 4.69) is 42.5 Å². The van der Waals surface area contributed by atoms with Gasteiger partial charge in [-0.1, -0.05) is 113 Å². The fraction of sp³-hybridized carbons (Fsp3) is 0.694. The van der Waals surface area contributed by atoms with Crippen molar-refractivity contribution < 1.29 is 48.3 Å². The highest BCUT2D eigenvalue weighted by Crippen LogP contribution is 2.13. The van der Waals surface area contributed by atoms with Crippen LogP contribution >= 0.6 is 0 Å². The van der Waals surface area contributed by atoms with E-state index < -0.39 is 114 Å². The molecular weight excluding hydrogens is 875 g/mol. The van der Waals surface area contributed by atoms with Gasteiger partial charge in [-0.2, -0.15) is 0 Å². The summed E-state index contributed by atoms with van der Waals surface area (Å²) in [6.45, 7) is 22.9. The summed E-state index contributed by atoms with van der Waals surface area (Å²) in [6, 6.07) is 0.254. The molecule has 0 spiro atoms. The molecule has 11 N–H and O–H groups in total. The molecule has 0 heterocycles. The van der Waals surface area contributed by atoms with Crippen molar-refractivity contribution >= 4 is 53.2 Å². The largest absolute Gasteiger partial charge is 0.480 e. The van der Waals surface area contributed by atoms with Crippen molar-refractivity contribution in [3.63, 3.8) is 0 Å². The maximum absolute atomic E-state index is 14.2.